The number of methoxy groups -OCH3 is 1. The van der Waals surface area contributed by atoms with Crippen LogP contribution in [0.2, 0.25) is 0 Å². The van der Waals surface area contributed by atoms with Gasteiger partial charge in [0.15, 0.2) is 0 Å². The largest absolute Gasteiger partial charge is 0.497 e. The molecule has 0 heterocycles. The Morgan fingerprint density at radius 1 is 1.26 bits per heavy atom. The Morgan fingerprint density at radius 3 is 2.61 bits per heavy atom. The standard InChI is InChI=1S/C16H21NO6/c1-3-23-15(19)8-7-14(18)17-13(16(20)21)10-11-5-4-6-12(9-11)22-2/h4-6,9,13H,3,7-8,10H2,1-2H3,(H,17,18)(H,20,21)/t13-/m0/s1. The number of nitrogens with one attached hydrogen (secondary N) is 1. The molecule has 0 aliphatic heterocycles. The van der Waals surface area contributed by atoms with Gasteiger partial charge in [0.1, 0.15) is 11.8 Å². The molecule has 1 amide bonds. The normalized spacial score (nSPS) is 11.4. The maximum atomic E-state index is 11.8. The van der Waals surface area contributed by atoms with Crippen molar-refractivity contribution in [2.45, 2.75) is 32.2 Å². The average molecular weight is 323 g/mol. The van der Waals surface area contributed by atoms with Crippen LogP contribution in [0.5, 0.6) is 5.75 Å². The van der Waals surface area contributed by atoms with Gasteiger partial charge in [-0.2, -0.15) is 0 Å². The van der Waals surface area contributed by atoms with E-state index in [2.05, 4.69) is 5.32 Å². The minimum Gasteiger partial charge on any atom is -0.497 e. The topological polar surface area (TPSA) is 102 Å². The second-order valence-electron chi connectivity index (χ2n) is 4.82. The number of benzene rings is 1. The molecule has 7 heteroatoms. The predicted octanol–water partition coefficient (Wildman–Crippen LogP) is 1.15. The van der Waals surface area contributed by atoms with Gasteiger partial charge in [-0.15, -0.1) is 0 Å². The van der Waals surface area contributed by atoms with Crippen molar-refractivity contribution in [3.8, 4) is 5.75 Å². The van der Waals surface area contributed by atoms with Gasteiger partial charge in [-0.1, -0.05) is 12.1 Å². The van der Waals surface area contributed by atoms with Gasteiger partial charge >= 0.3 is 11.9 Å². The number of hydrogen-bond donors (Lipinski definition) is 2. The lowest BCUT2D eigenvalue weighted by Crippen LogP contribution is -2.42. The Morgan fingerprint density at radius 2 is 2.00 bits per heavy atom. The lowest BCUT2D eigenvalue weighted by molar-refractivity contribution is -0.144. The fraction of sp³-hybridized carbons (Fsp3) is 0.438. The maximum absolute atomic E-state index is 11.8. The summed E-state index contributed by atoms with van der Waals surface area (Å²) in [4.78, 5) is 34.3. The molecule has 2 N–H and O–H groups in total. The van der Waals surface area contributed by atoms with E-state index in [9.17, 15) is 19.5 Å². The molecule has 0 fully saturated rings. The molecule has 0 bridgehead atoms. The highest BCUT2D eigenvalue weighted by molar-refractivity contribution is 5.85. The minimum atomic E-state index is -1.14. The smallest absolute Gasteiger partial charge is 0.326 e. The Balaban J connectivity index is 2.59. The van der Waals surface area contributed by atoms with Crippen molar-refractivity contribution >= 4 is 17.8 Å². The molecule has 23 heavy (non-hydrogen) atoms. The van der Waals surface area contributed by atoms with Crippen molar-refractivity contribution < 1.29 is 29.0 Å². The molecule has 0 unspecified atom stereocenters. The van der Waals surface area contributed by atoms with Crippen LogP contribution in [0.1, 0.15) is 25.3 Å². The first-order valence-electron chi connectivity index (χ1n) is 7.27. The van der Waals surface area contributed by atoms with Crippen LogP contribution in [0.3, 0.4) is 0 Å². The summed E-state index contributed by atoms with van der Waals surface area (Å²) in [5.41, 5.74) is 0.724. The van der Waals surface area contributed by atoms with Crippen molar-refractivity contribution in [1.82, 2.24) is 5.32 Å². The third-order valence-electron chi connectivity index (χ3n) is 3.07. The number of aliphatic carboxylic acids is 1. The van der Waals surface area contributed by atoms with Gasteiger partial charge in [0.25, 0.3) is 0 Å². The third kappa shape index (κ3) is 6.82. The highest BCUT2D eigenvalue weighted by Gasteiger charge is 2.21. The first-order chi connectivity index (χ1) is 11.0. The summed E-state index contributed by atoms with van der Waals surface area (Å²) in [6.07, 6.45) is -0.0659. The van der Waals surface area contributed by atoms with Crippen LogP contribution in [0.4, 0.5) is 0 Å². The summed E-state index contributed by atoms with van der Waals surface area (Å²) in [7, 11) is 1.52. The lowest BCUT2D eigenvalue weighted by Gasteiger charge is -2.15. The second kappa shape index (κ2) is 9.45. The van der Waals surface area contributed by atoms with Gasteiger partial charge in [-0.05, 0) is 24.6 Å². The summed E-state index contributed by atoms with van der Waals surface area (Å²) < 4.78 is 9.80. The molecule has 0 spiro atoms. The minimum absolute atomic E-state index is 0.0782. The van der Waals surface area contributed by atoms with Crippen molar-refractivity contribution in [3.63, 3.8) is 0 Å². The first kappa shape index (κ1) is 18.5. The van der Waals surface area contributed by atoms with Crippen LogP contribution < -0.4 is 10.1 Å². The second-order valence-corrected chi connectivity index (χ2v) is 4.82. The Kier molecular flexibility index (Phi) is 7.59. The highest BCUT2D eigenvalue weighted by atomic mass is 16.5. The van der Waals surface area contributed by atoms with Gasteiger partial charge in [-0.3, -0.25) is 9.59 Å². The summed E-state index contributed by atoms with van der Waals surface area (Å²) in [5, 5.41) is 11.6. The van der Waals surface area contributed by atoms with Gasteiger partial charge in [0.2, 0.25) is 5.91 Å². The predicted molar refractivity (Wildman–Crippen MR) is 82.1 cm³/mol. The fourth-order valence-electron chi connectivity index (χ4n) is 1.95. The van der Waals surface area contributed by atoms with E-state index in [-0.39, 0.29) is 25.9 Å². The van der Waals surface area contributed by atoms with E-state index in [4.69, 9.17) is 9.47 Å². The summed E-state index contributed by atoms with van der Waals surface area (Å²) in [5.74, 6) is -1.52. The highest BCUT2D eigenvalue weighted by Crippen LogP contribution is 2.14. The number of carboxylic acids is 1. The van der Waals surface area contributed by atoms with E-state index in [0.29, 0.717) is 5.75 Å². The fourth-order valence-corrected chi connectivity index (χ4v) is 1.95. The lowest BCUT2D eigenvalue weighted by atomic mass is 10.1. The summed E-state index contributed by atoms with van der Waals surface area (Å²) >= 11 is 0. The Bertz CT molecular complexity index is 557. The Hall–Kier alpha value is -2.57. The zero-order valence-electron chi connectivity index (χ0n) is 13.2. The number of carboxylic acid groups (broad SMARTS) is 1. The average Bonchev–Trinajstić information content (AvgIpc) is 2.52. The van der Waals surface area contributed by atoms with Crippen molar-refractivity contribution in [2.24, 2.45) is 0 Å². The van der Waals surface area contributed by atoms with E-state index < -0.39 is 23.9 Å². The van der Waals surface area contributed by atoms with Crippen LogP contribution in [0, 0.1) is 0 Å². The monoisotopic (exact) mass is 323 g/mol. The SMILES string of the molecule is CCOC(=O)CCC(=O)N[C@@H](Cc1cccc(OC)c1)C(=O)O. The van der Waals surface area contributed by atoms with Gasteiger partial charge in [0, 0.05) is 12.8 Å². The number of carbonyl (C=O) groups is 3. The third-order valence-corrected chi connectivity index (χ3v) is 3.07. The van der Waals surface area contributed by atoms with Gasteiger partial charge in [-0.25, -0.2) is 4.79 Å². The summed E-state index contributed by atoms with van der Waals surface area (Å²) in [6, 6.07) is 5.88. The molecule has 1 rings (SSSR count). The van der Waals surface area contributed by atoms with Crippen molar-refractivity contribution in [3.05, 3.63) is 29.8 Å². The number of esters is 1. The number of carbonyl (C=O) groups excluding carboxylic acids is 2. The number of rotatable bonds is 9. The molecule has 0 aromatic heterocycles. The molecule has 0 saturated heterocycles. The molecule has 7 nitrogen and oxygen atoms in total. The molecule has 1 aromatic rings. The van der Waals surface area contributed by atoms with Crippen molar-refractivity contribution in [2.75, 3.05) is 13.7 Å². The molecule has 0 radical (unpaired) electrons. The molecule has 1 atom stereocenters. The van der Waals surface area contributed by atoms with Crippen LogP contribution in [-0.2, 0) is 25.5 Å². The van der Waals surface area contributed by atoms with Gasteiger partial charge < -0.3 is 19.9 Å². The molecule has 1 aromatic carbocycles. The summed E-state index contributed by atoms with van der Waals surface area (Å²) in [6.45, 7) is 1.92. The van der Waals surface area contributed by atoms with Crippen LogP contribution in [0.25, 0.3) is 0 Å². The maximum Gasteiger partial charge on any atom is 0.326 e. The van der Waals surface area contributed by atoms with Crippen molar-refractivity contribution in [1.29, 1.82) is 0 Å². The van der Waals surface area contributed by atoms with E-state index in [1.165, 1.54) is 7.11 Å². The zero-order valence-corrected chi connectivity index (χ0v) is 13.2. The van der Waals surface area contributed by atoms with E-state index in [1.807, 2.05) is 0 Å². The molecule has 0 saturated carbocycles. The zero-order chi connectivity index (χ0) is 17.2. The molecular weight excluding hydrogens is 302 g/mol. The molecule has 0 aliphatic rings. The van der Waals surface area contributed by atoms with Crippen LogP contribution >= 0.6 is 0 Å². The number of ether oxygens (including phenoxy) is 2. The quantitative estimate of drug-likeness (QED) is 0.661. The van der Waals surface area contributed by atoms with Gasteiger partial charge in [0.05, 0.1) is 20.1 Å². The number of amides is 1. The van der Waals surface area contributed by atoms with Crippen LogP contribution in [0.15, 0.2) is 24.3 Å². The van der Waals surface area contributed by atoms with E-state index in [1.54, 1.807) is 31.2 Å². The molecular formula is C16H21NO6. The molecule has 126 valence electrons. The first-order valence-corrected chi connectivity index (χ1v) is 7.27. The van der Waals surface area contributed by atoms with E-state index >= 15 is 0 Å². The van der Waals surface area contributed by atoms with E-state index in [0.717, 1.165) is 5.56 Å². The molecule has 0 aliphatic carbocycles. The number of hydrogen-bond acceptors (Lipinski definition) is 5. The van der Waals surface area contributed by atoms with Crippen LogP contribution in [-0.4, -0.2) is 42.7 Å². The Labute approximate surface area is 134 Å².